The number of aromatic amines is 1. The maximum atomic E-state index is 13.2. The molecule has 0 saturated carbocycles. The Kier molecular flexibility index (Phi) is 4.58. The van der Waals surface area contributed by atoms with Crippen molar-refractivity contribution in [1.82, 2.24) is 20.0 Å². The van der Waals surface area contributed by atoms with Gasteiger partial charge in [0.25, 0.3) is 0 Å². The van der Waals surface area contributed by atoms with Crippen LogP contribution in [0.4, 0.5) is 0 Å². The molecule has 4 rings (SSSR count). The van der Waals surface area contributed by atoms with Crippen LogP contribution in [0, 0.1) is 17.8 Å². The number of carbonyl (C=O) groups is 2. The first-order chi connectivity index (χ1) is 13.0. The molecule has 3 aliphatic heterocycles. The number of hydrogen-bond acceptors (Lipinski definition) is 4. The molecule has 3 aliphatic rings. The highest BCUT2D eigenvalue weighted by molar-refractivity contribution is 5.93. The second-order valence-electron chi connectivity index (χ2n) is 8.08. The van der Waals surface area contributed by atoms with Crippen molar-refractivity contribution >= 4 is 11.8 Å². The van der Waals surface area contributed by atoms with Crippen LogP contribution in [0.15, 0.2) is 24.4 Å². The van der Waals surface area contributed by atoms with E-state index >= 15 is 0 Å². The minimum Gasteiger partial charge on any atom is -0.360 e. The van der Waals surface area contributed by atoms with E-state index < -0.39 is 17.4 Å². The summed E-state index contributed by atoms with van der Waals surface area (Å²) >= 11 is 0. The number of likely N-dealkylation sites (tertiary alicyclic amines) is 1. The van der Waals surface area contributed by atoms with Crippen LogP contribution in [0.5, 0.6) is 0 Å². The van der Waals surface area contributed by atoms with Crippen LogP contribution < -0.4 is 0 Å². The number of fused-ring (bicyclic) bond motifs is 1. The van der Waals surface area contributed by atoms with Crippen molar-refractivity contribution in [3.8, 4) is 0 Å². The summed E-state index contributed by atoms with van der Waals surface area (Å²) in [7, 11) is 1.77. The molecule has 1 N–H and O–H groups in total. The van der Waals surface area contributed by atoms with Crippen molar-refractivity contribution in [2.45, 2.75) is 44.9 Å². The number of rotatable bonds is 7. The number of H-pyrrole nitrogens is 1. The minimum atomic E-state index is -0.622. The van der Waals surface area contributed by atoms with Gasteiger partial charge in [0.05, 0.1) is 36.7 Å². The summed E-state index contributed by atoms with van der Waals surface area (Å²) in [6.45, 7) is 6.07. The lowest BCUT2D eigenvalue weighted by Crippen LogP contribution is -2.44. The Morgan fingerprint density at radius 1 is 1.48 bits per heavy atom. The summed E-state index contributed by atoms with van der Waals surface area (Å²) in [5, 5.41) is 6.81. The molecular weight excluding hydrogens is 344 g/mol. The molecule has 1 spiro atoms. The average Bonchev–Trinajstić information content (AvgIpc) is 3.42. The van der Waals surface area contributed by atoms with Crippen LogP contribution in [0.3, 0.4) is 0 Å². The van der Waals surface area contributed by atoms with E-state index in [0.29, 0.717) is 19.0 Å². The van der Waals surface area contributed by atoms with E-state index in [1.54, 1.807) is 18.1 Å². The van der Waals surface area contributed by atoms with Gasteiger partial charge in [-0.1, -0.05) is 38.8 Å². The fourth-order valence-corrected chi connectivity index (χ4v) is 4.83. The van der Waals surface area contributed by atoms with Gasteiger partial charge in [-0.2, -0.15) is 5.10 Å². The summed E-state index contributed by atoms with van der Waals surface area (Å²) < 4.78 is 6.21. The van der Waals surface area contributed by atoms with E-state index in [0.717, 1.165) is 25.1 Å². The Hall–Kier alpha value is -2.15. The predicted molar refractivity (Wildman–Crippen MR) is 99.4 cm³/mol. The Morgan fingerprint density at radius 3 is 2.93 bits per heavy atom. The van der Waals surface area contributed by atoms with Crippen LogP contribution in [-0.2, 0) is 20.9 Å². The van der Waals surface area contributed by atoms with E-state index in [9.17, 15) is 9.59 Å². The van der Waals surface area contributed by atoms with Crippen LogP contribution in [-0.4, -0.2) is 63.7 Å². The summed E-state index contributed by atoms with van der Waals surface area (Å²) in [6, 6.07) is 1.85. The van der Waals surface area contributed by atoms with Crippen molar-refractivity contribution in [1.29, 1.82) is 0 Å². The van der Waals surface area contributed by atoms with Gasteiger partial charge in [-0.25, -0.2) is 0 Å². The van der Waals surface area contributed by atoms with E-state index in [2.05, 4.69) is 24.0 Å². The number of nitrogens with one attached hydrogen (secondary N) is 1. The molecule has 27 heavy (non-hydrogen) atoms. The molecule has 2 amide bonds. The SMILES string of the molecule is CCC(CC)CN1C[C@]23C=C[C@H](O2)[C@@H](C(=O)N(C)Cc2ccn[nH]2)[C@@H]3C1=O. The summed E-state index contributed by atoms with van der Waals surface area (Å²) in [4.78, 5) is 30.0. The lowest BCUT2D eigenvalue weighted by Gasteiger charge is -2.28. The molecule has 2 bridgehead atoms. The number of carbonyl (C=O) groups excluding carboxylic acids is 2. The third-order valence-electron chi connectivity index (χ3n) is 6.44. The topological polar surface area (TPSA) is 78.5 Å². The van der Waals surface area contributed by atoms with Crippen molar-refractivity contribution in [3.05, 3.63) is 30.1 Å². The van der Waals surface area contributed by atoms with Gasteiger partial charge in [0.2, 0.25) is 11.8 Å². The minimum absolute atomic E-state index is 0.0384. The Labute approximate surface area is 159 Å². The molecule has 4 atom stereocenters. The standard InChI is InChI=1S/C20H28N4O3/c1-4-13(5-2)10-24-12-20-8-6-15(27-20)16(17(20)19(24)26)18(25)23(3)11-14-7-9-21-22-14/h6-9,13,15-17H,4-5,10-12H2,1-3H3,(H,21,22)/t15-,16+,17+,20-/m0/s1. The van der Waals surface area contributed by atoms with Gasteiger partial charge in [-0.05, 0) is 12.0 Å². The van der Waals surface area contributed by atoms with Gasteiger partial charge in [-0.15, -0.1) is 0 Å². The molecule has 0 aromatic carbocycles. The smallest absolute Gasteiger partial charge is 0.230 e. The molecule has 4 heterocycles. The molecule has 0 aliphatic carbocycles. The number of aromatic nitrogens is 2. The van der Waals surface area contributed by atoms with Gasteiger partial charge in [-0.3, -0.25) is 14.7 Å². The molecule has 0 unspecified atom stereocenters. The fourth-order valence-electron chi connectivity index (χ4n) is 4.83. The molecule has 1 aromatic rings. The number of ether oxygens (including phenoxy) is 1. The summed E-state index contributed by atoms with van der Waals surface area (Å²) in [6.07, 6.45) is 7.45. The van der Waals surface area contributed by atoms with E-state index in [-0.39, 0.29) is 17.9 Å². The monoisotopic (exact) mass is 372 g/mol. The molecule has 0 radical (unpaired) electrons. The number of nitrogens with zero attached hydrogens (tertiary/aromatic N) is 3. The van der Waals surface area contributed by atoms with Crippen LogP contribution >= 0.6 is 0 Å². The van der Waals surface area contributed by atoms with E-state index in [1.165, 1.54) is 0 Å². The Balaban J connectivity index is 1.53. The Morgan fingerprint density at radius 2 is 2.26 bits per heavy atom. The Bertz CT molecular complexity index is 742. The molecule has 146 valence electrons. The predicted octanol–water partition coefficient (Wildman–Crippen LogP) is 1.59. The maximum Gasteiger partial charge on any atom is 0.230 e. The third kappa shape index (κ3) is 2.88. The van der Waals surface area contributed by atoms with Gasteiger partial charge < -0.3 is 14.5 Å². The molecular formula is C20H28N4O3. The molecule has 2 saturated heterocycles. The summed E-state index contributed by atoms with van der Waals surface area (Å²) in [5.41, 5.74) is 0.247. The van der Waals surface area contributed by atoms with Gasteiger partial charge in [0.1, 0.15) is 5.60 Å². The zero-order valence-corrected chi connectivity index (χ0v) is 16.2. The highest BCUT2D eigenvalue weighted by Crippen LogP contribution is 2.52. The molecule has 7 heteroatoms. The molecule has 1 aromatic heterocycles. The third-order valence-corrected chi connectivity index (χ3v) is 6.44. The normalized spacial score (nSPS) is 31.2. The average molecular weight is 372 g/mol. The van der Waals surface area contributed by atoms with Crippen LogP contribution in [0.2, 0.25) is 0 Å². The highest BCUT2D eigenvalue weighted by atomic mass is 16.5. The van der Waals surface area contributed by atoms with Crippen molar-refractivity contribution in [2.75, 3.05) is 20.1 Å². The van der Waals surface area contributed by atoms with Gasteiger partial charge in [0.15, 0.2) is 0 Å². The number of hydrogen-bond donors (Lipinski definition) is 1. The second kappa shape index (κ2) is 6.78. The fraction of sp³-hybridized carbons (Fsp3) is 0.650. The number of amides is 2. The van der Waals surface area contributed by atoms with Crippen molar-refractivity contribution < 1.29 is 14.3 Å². The van der Waals surface area contributed by atoms with Gasteiger partial charge in [0, 0.05) is 19.8 Å². The second-order valence-corrected chi connectivity index (χ2v) is 8.08. The lowest BCUT2D eigenvalue weighted by atomic mass is 9.76. The lowest BCUT2D eigenvalue weighted by molar-refractivity contribution is -0.143. The highest BCUT2D eigenvalue weighted by Gasteiger charge is 2.67. The first-order valence-electron chi connectivity index (χ1n) is 9.88. The van der Waals surface area contributed by atoms with Crippen molar-refractivity contribution in [2.24, 2.45) is 17.8 Å². The van der Waals surface area contributed by atoms with Gasteiger partial charge >= 0.3 is 0 Å². The van der Waals surface area contributed by atoms with E-state index in [1.807, 2.05) is 23.1 Å². The zero-order valence-electron chi connectivity index (χ0n) is 16.2. The first kappa shape index (κ1) is 18.2. The van der Waals surface area contributed by atoms with Crippen LogP contribution in [0.1, 0.15) is 32.4 Å². The summed E-state index contributed by atoms with van der Waals surface area (Å²) in [5.74, 6) is -0.325. The zero-order chi connectivity index (χ0) is 19.2. The van der Waals surface area contributed by atoms with E-state index in [4.69, 9.17) is 4.74 Å². The van der Waals surface area contributed by atoms with Crippen LogP contribution in [0.25, 0.3) is 0 Å². The largest absolute Gasteiger partial charge is 0.360 e. The molecule has 2 fully saturated rings. The molecule has 7 nitrogen and oxygen atoms in total. The quantitative estimate of drug-likeness (QED) is 0.737. The maximum absolute atomic E-state index is 13.2. The van der Waals surface area contributed by atoms with Crippen molar-refractivity contribution in [3.63, 3.8) is 0 Å². The first-order valence-corrected chi connectivity index (χ1v) is 9.88.